The van der Waals surface area contributed by atoms with Crippen molar-refractivity contribution in [3.8, 4) is 0 Å². The van der Waals surface area contributed by atoms with Crippen LogP contribution in [0.15, 0.2) is 24.3 Å². The minimum Gasteiger partial charge on any atom is -0.450 e. The van der Waals surface area contributed by atoms with Crippen molar-refractivity contribution in [2.75, 3.05) is 5.33 Å². The van der Waals surface area contributed by atoms with Gasteiger partial charge in [-0.2, -0.15) is 0 Å². The molecule has 1 aromatic rings. The Labute approximate surface area is 95.6 Å². The van der Waals surface area contributed by atoms with Gasteiger partial charge in [-0.15, -0.1) is 0 Å². The predicted octanol–water partition coefficient (Wildman–Crippen LogP) is 1.73. The van der Waals surface area contributed by atoms with Crippen molar-refractivity contribution in [1.29, 1.82) is 0 Å². The molecule has 15 heavy (non-hydrogen) atoms. The number of cyclic esters (lactones) is 1. The number of hydrogen-bond donors (Lipinski definition) is 0. The average Bonchev–Trinajstić information content (AvgIpc) is 2.28. The third kappa shape index (κ3) is 1.95. The molecule has 1 aliphatic heterocycles. The number of ketones is 1. The second-order valence-corrected chi connectivity index (χ2v) is 3.92. The first-order chi connectivity index (χ1) is 7.22. The summed E-state index contributed by atoms with van der Waals surface area (Å²) in [6, 6.07) is 7.20. The Hall–Kier alpha value is -1.16. The van der Waals surface area contributed by atoms with Gasteiger partial charge in [0.2, 0.25) is 0 Å². The summed E-state index contributed by atoms with van der Waals surface area (Å²) in [6.07, 6.45) is -0.154. The molecule has 1 heterocycles. The summed E-state index contributed by atoms with van der Waals surface area (Å²) >= 11 is 3.07. The highest BCUT2D eigenvalue weighted by Crippen LogP contribution is 2.21. The van der Waals surface area contributed by atoms with Crippen LogP contribution in [0.5, 0.6) is 0 Å². The highest BCUT2D eigenvalue weighted by atomic mass is 79.9. The topological polar surface area (TPSA) is 43.4 Å². The third-order valence-electron chi connectivity index (χ3n) is 2.38. The summed E-state index contributed by atoms with van der Waals surface area (Å²) in [5.41, 5.74) is 1.45. The number of Topliss-reactive ketones (excluding diaryl/α,β-unsaturated/α-hetero) is 1. The minimum absolute atomic E-state index is 0.0992. The van der Waals surface area contributed by atoms with Crippen LogP contribution in [0.1, 0.15) is 15.9 Å². The molecule has 0 aromatic heterocycles. The van der Waals surface area contributed by atoms with Gasteiger partial charge in [0.05, 0.1) is 10.9 Å². The van der Waals surface area contributed by atoms with E-state index in [4.69, 9.17) is 4.74 Å². The fraction of sp³-hybridized carbons (Fsp3) is 0.273. The van der Waals surface area contributed by atoms with Crippen molar-refractivity contribution in [3.05, 3.63) is 35.4 Å². The molecular weight excluding hydrogens is 260 g/mol. The smallest absolute Gasteiger partial charge is 0.339 e. The molecular formula is C11H9BrO3. The number of carbonyl (C=O) groups is 2. The molecule has 0 bridgehead atoms. The average molecular weight is 269 g/mol. The number of benzene rings is 1. The van der Waals surface area contributed by atoms with Crippen molar-refractivity contribution < 1.29 is 14.3 Å². The van der Waals surface area contributed by atoms with E-state index >= 15 is 0 Å². The van der Waals surface area contributed by atoms with Crippen LogP contribution in [0.4, 0.5) is 0 Å². The number of ether oxygens (including phenoxy) is 1. The highest BCUT2D eigenvalue weighted by Gasteiger charge is 2.29. The van der Waals surface area contributed by atoms with Crippen LogP contribution in [0.3, 0.4) is 0 Å². The van der Waals surface area contributed by atoms with E-state index in [0.29, 0.717) is 12.0 Å². The number of hydrogen-bond acceptors (Lipinski definition) is 3. The third-order valence-corrected chi connectivity index (χ3v) is 2.94. The minimum atomic E-state index is -0.633. The van der Waals surface area contributed by atoms with Crippen LogP contribution in [-0.4, -0.2) is 23.2 Å². The Morgan fingerprint density at radius 2 is 2.20 bits per heavy atom. The number of fused-ring (bicyclic) bond motifs is 1. The zero-order valence-corrected chi connectivity index (χ0v) is 9.49. The molecule has 0 spiro atoms. The fourth-order valence-electron chi connectivity index (χ4n) is 1.60. The lowest BCUT2D eigenvalue weighted by Gasteiger charge is -2.22. The van der Waals surface area contributed by atoms with Crippen LogP contribution >= 0.6 is 15.9 Å². The van der Waals surface area contributed by atoms with Gasteiger partial charge in [0.15, 0.2) is 11.9 Å². The van der Waals surface area contributed by atoms with Gasteiger partial charge in [0.1, 0.15) is 0 Å². The molecule has 3 nitrogen and oxygen atoms in total. The maximum absolute atomic E-state index is 11.5. The molecule has 4 heteroatoms. The van der Waals surface area contributed by atoms with Crippen molar-refractivity contribution in [1.82, 2.24) is 0 Å². The van der Waals surface area contributed by atoms with E-state index in [0.717, 1.165) is 5.56 Å². The molecule has 1 aliphatic rings. The van der Waals surface area contributed by atoms with Crippen molar-refractivity contribution in [3.63, 3.8) is 0 Å². The van der Waals surface area contributed by atoms with E-state index in [9.17, 15) is 9.59 Å². The Bertz CT molecular complexity index is 414. The lowest BCUT2D eigenvalue weighted by atomic mass is 9.97. The molecule has 0 fully saturated rings. The van der Waals surface area contributed by atoms with Crippen molar-refractivity contribution in [2.45, 2.75) is 12.5 Å². The summed E-state index contributed by atoms with van der Waals surface area (Å²) in [4.78, 5) is 22.9. The van der Waals surface area contributed by atoms with E-state index in [1.165, 1.54) is 0 Å². The van der Waals surface area contributed by atoms with Crippen LogP contribution in [-0.2, 0) is 16.0 Å². The molecule has 1 unspecified atom stereocenters. The monoisotopic (exact) mass is 268 g/mol. The number of halogens is 1. The molecule has 1 atom stereocenters. The molecule has 0 aliphatic carbocycles. The van der Waals surface area contributed by atoms with Gasteiger partial charge < -0.3 is 4.74 Å². The first-order valence-corrected chi connectivity index (χ1v) is 5.72. The van der Waals surface area contributed by atoms with E-state index in [-0.39, 0.29) is 11.1 Å². The van der Waals surface area contributed by atoms with Crippen LogP contribution in [0.2, 0.25) is 0 Å². The first kappa shape index (κ1) is 10.4. The number of esters is 1. The summed E-state index contributed by atoms with van der Waals surface area (Å²) in [5.74, 6) is -0.506. The Morgan fingerprint density at radius 1 is 1.47 bits per heavy atom. The highest BCUT2D eigenvalue weighted by molar-refractivity contribution is 9.09. The molecule has 0 saturated heterocycles. The SMILES string of the molecule is O=C1OC(C(=O)CBr)Cc2ccccc21. The van der Waals surface area contributed by atoms with Gasteiger partial charge in [0.25, 0.3) is 0 Å². The van der Waals surface area contributed by atoms with E-state index in [1.54, 1.807) is 12.1 Å². The zero-order chi connectivity index (χ0) is 10.8. The summed E-state index contributed by atoms with van der Waals surface area (Å²) in [5, 5.41) is 0.215. The Balaban J connectivity index is 2.30. The zero-order valence-electron chi connectivity index (χ0n) is 7.90. The lowest BCUT2D eigenvalue weighted by Crippen LogP contribution is -2.34. The second-order valence-electron chi connectivity index (χ2n) is 3.36. The van der Waals surface area contributed by atoms with Gasteiger partial charge in [0, 0.05) is 6.42 Å². The number of alkyl halides is 1. The fourth-order valence-corrected chi connectivity index (χ4v) is 1.96. The molecule has 0 radical (unpaired) electrons. The first-order valence-electron chi connectivity index (χ1n) is 4.60. The van der Waals surface area contributed by atoms with Crippen LogP contribution in [0, 0.1) is 0 Å². The van der Waals surface area contributed by atoms with Gasteiger partial charge in [-0.05, 0) is 11.6 Å². The molecule has 78 valence electrons. The van der Waals surface area contributed by atoms with Crippen LogP contribution < -0.4 is 0 Å². The van der Waals surface area contributed by atoms with Crippen molar-refractivity contribution >= 4 is 27.7 Å². The van der Waals surface area contributed by atoms with Gasteiger partial charge in [-0.1, -0.05) is 34.1 Å². The molecule has 0 amide bonds. The Kier molecular flexibility index (Phi) is 2.86. The lowest BCUT2D eigenvalue weighted by molar-refractivity contribution is -0.125. The second kappa shape index (κ2) is 4.14. The van der Waals surface area contributed by atoms with E-state index in [2.05, 4.69) is 15.9 Å². The standard InChI is InChI=1S/C11H9BrO3/c12-6-9(13)10-5-7-3-1-2-4-8(7)11(14)15-10/h1-4,10H,5-6H2. The Morgan fingerprint density at radius 3 is 2.93 bits per heavy atom. The number of rotatable bonds is 2. The predicted molar refractivity (Wildman–Crippen MR) is 58.2 cm³/mol. The van der Waals surface area contributed by atoms with Gasteiger partial charge in [-0.25, -0.2) is 4.79 Å². The summed E-state index contributed by atoms with van der Waals surface area (Å²) in [6.45, 7) is 0. The van der Waals surface area contributed by atoms with E-state index < -0.39 is 12.1 Å². The largest absolute Gasteiger partial charge is 0.450 e. The van der Waals surface area contributed by atoms with Gasteiger partial charge >= 0.3 is 5.97 Å². The van der Waals surface area contributed by atoms with Crippen molar-refractivity contribution in [2.24, 2.45) is 0 Å². The molecule has 1 aromatic carbocycles. The summed E-state index contributed by atoms with van der Waals surface area (Å²) in [7, 11) is 0. The maximum Gasteiger partial charge on any atom is 0.339 e. The number of carbonyl (C=O) groups excluding carboxylic acids is 2. The molecule has 0 N–H and O–H groups in total. The summed E-state index contributed by atoms with van der Waals surface area (Å²) < 4.78 is 5.05. The molecule has 0 saturated carbocycles. The van der Waals surface area contributed by atoms with Gasteiger partial charge in [-0.3, -0.25) is 4.79 Å². The quantitative estimate of drug-likeness (QED) is 0.606. The normalized spacial score (nSPS) is 19.3. The van der Waals surface area contributed by atoms with Crippen LogP contribution in [0.25, 0.3) is 0 Å². The molecule has 2 rings (SSSR count). The van der Waals surface area contributed by atoms with E-state index in [1.807, 2.05) is 12.1 Å². The maximum atomic E-state index is 11.5.